The molecule has 3 unspecified atom stereocenters. The predicted octanol–water partition coefficient (Wildman–Crippen LogP) is -0.282. The van der Waals surface area contributed by atoms with Crippen LogP contribution in [0.4, 0.5) is 0 Å². The van der Waals surface area contributed by atoms with Crippen molar-refractivity contribution in [3.05, 3.63) is 23.3 Å². The van der Waals surface area contributed by atoms with Crippen LogP contribution in [-0.2, 0) is 21.4 Å². The van der Waals surface area contributed by atoms with Gasteiger partial charge >= 0.3 is 0 Å². The second-order valence-corrected chi connectivity index (χ2v) is 9.45. The number of piperidine rings is 1. The summed E-state index contributed by atoms with van der Waals surface area (Å²) in [6, 6.07) is 4.06. The van der Waals surface area contributed by atoms with Crippen molar-refractivity contribution in [2.24, 2.45) is 0 Å². The van der Waals surface area contributed by atoms with Gasteiger partial charge in [-0.15, -0.1) is 0 Å². The molecule has 2 fully saturated rings. The van der Waals surface area contributed by atoms with E-state index in [0.717, 1.165) is 55.3 Å². The molecule has 6 heteroatoms. The molecule has 1 N–H and O–H groups in total. The molecule has 2 bridgehead atoms. The van der Waals surface area contributed by atoms with Crippen LogP contribution in [-0.4, -0.2) is 60.4 Å². The number of phenols is 1. The van der Waals surface area contributed by atoms with Crippen LogP contribution >= 0.6 is 0 Å². The van der Waals surface area contributed by atoms with Gasteiger partial charge < -0.3 is 43.0 Å². The minimum Gasteiger partial charge on any atom is -1.00 e. The van der Waals surface area contributed by atoms with Gasteiger partial charge in [-0.2, -0.15) is 0 Å². The van der Waals surface area contributed by atoms with Gasteiger partial charge in [-0.1, -0.05) is 19.4 Å². The normalized spacial score (nSPS) is 36.3. The SMILES string of the molecule is CCCCOC12CCC(=O)C3Oc4c(O)ccc5c4[C@@]31CC[N+](C)(C)C2C5.[I-]. The molecule has 1 saturated heterocycles. The third-order valence-electron chi connectivity index (χ3n) is 7.88. The highest BCUT2D eigenvalue weighted by Crippen LogP contribution is 2.66. The maximum Gasteiger partial charge on any atom is 0.174 e. The number of halogens is 1. The van der Waals surface area contributed by atoms with E-state index in [9.17, 15) is 9.90 Å². The number of ketones is 1. The molecule has 2 aliphatic heterocycles. The van der Waals surface area contributed by atoms with Gasteiger partial charge in [0.05, 0.1) is 26.1 Å². The van der Waals surface area contributed by atoms with Gasteiger partial charge in [0.1, 0.15) is 11.6 Å². The molecule has 4 atom stereocenters. The molecule has 0 radical (unpaired) electrons. The Morgan fingerprint density at radius 3 is 2.86 bits per heavy atom. The summed E-state index contributed by atoms with van der Waals surface area (Å²) in [5.74, 6) is 0.867. The lowest BCUT2D eigenvalue weighted by Crippen LogP contribution is -3.00. The maximum atomic E-state index is 13.0. The van der Waals surface area contributed by atoms with Gasteiger partial charge in [-0.3, -0.25) is 4.79 Å². The second kappa shape index (κ2) is 6.57. The van der Waals surface area contributed by atoms with Crippen molar-refractivity contribution >= 4 is 5.78 Å². The van der Waals surface area contributed by atoms with Gasteiger partial charge in [-0.05, 0) is 24.5 Å². The molecule has 1 saturated carbocycles. The van der Waals surface area contributed by atoms with E-state index >= 15 is 0 Å². The number of ether oxygens (including phenoxy) is 2. The van der Waals surface area contributed by atoms with E-state index in [2.05, 4.69) is 21.0 Å². The fourth-order valence-corrected chi connectivity index (χ4v) is 6.61. The number of hydrogen-bond donors (Lipinski definition) is 1. The van der Waals surface area contributed by atoms with Gasteiger partial charge in [-0.25, -0.2) is 0 Å². The highest BCUT2D eigenvalue weighted by molar-refractivity contribution is 5.90. The molecule has 28 heavy (non-hydrogen) atoms. The third kappa shape index (κ3) is 2.28. The highest BCUT2D eigenvalue weighted by atomic mass is 127. The Morgan fingerprint density at radius 1 is 1.32 bits per heavy atom. The standard InChI is InChI=1S/C22H29NO4.HI/c1-4-5-12-26-22-9-8-16(25)20-21(22)10-11-23(2,3)17(22)13-14-6-7-15(24)19(27-20)18(14)21;/h6-7,17,20H,4-5,8-13H2,1-3H3;1H/t17?,20?,21-,22?;/m0./s1. The molecular weight excluding hydrogens is 469 g/mol. The zero-order valence-corrected chi connectivity index (χ0v) is 19.1. The van der Waals surface area contributed by atoms with Crippen LogP contribution in [0.3, 0.4) is 0 Å². The maximum absolute atomic E-state index is 13.0. The van der Waals surface area contributed by atoms with Crippen molar-refractivity contribution in [1.82, 2.24) is 0 Å². The zero-order chi connectivity index (χ0) is 19.0. The van der Waals surface area contributed by atoms with Crippen LogP contribution in [0, 0.1) is 0 Å². The first kappa shape index (κ1) is 20.4. The van der Waals surface area contributed by atoms with Gasteiger partial charge in [0.2, 0.25) is 0 Å². The van der Waals surface area contributed by atoms with Gasteiger partial charge in [0, 0.05) is 31.4 Å². The molecule has 2 heterocycles. The van der Waals surface area contributed by atoms with Crippen LogP contribution in [0.1, 0.15) is 50.2 Å². The van der Waals surface area contributed by atoms with Gasteiger partial charge in [0.15, 0.2) is 23.4 Å². The Hall–Kier alpha value is -0.860. The number of rotatable bonds is 4. The second-order valence-electron chi connectivity index (χ2n) is 9.45. The Morgan fingerprint density at radius 2 is 2.11 bits per heavy atom. The first-order valence-corrected chi connectivity index (χ1v) is 10.4. The number of unbranched alkanes of at least 4 members (excludes halogenated alkanes) is 1. The first-order valence-electron chi connectivity index (χ1n) is 10.4. The molecule has 5 nitrogen and oxygen atoms in total. The molecule has 1 aromatic rings. The minimum atomic E-state index is -0.516. The number of nitrogens with zero attached hydrogens (tertiary/aromatic N) is 1. The summed E-state index contributed by atoms with van der Waals surface area (Å²) in [5, 5.41) is 10.5. The Labute approximate surface area is 184 Å². The molecule has 1 spiro atoms. The van der Waals surface area contributed by atoms with Crippen molar-refractivity contribution in [2.75, 3.05) is 27.2 Å². The predicted molar refractivity (Wildman–Crippen MR) is 101 cm³/mol. The Bertz CT molecular complexity index is 825. The number of hydrogen-bond acceptors (Lipinski definition) is 4. The molecule has 0 amide bonds. The number of likely N-dealkylation sites (N-methyl/N-ethyl adjacent to an activating group) is 1. The summed E-state index contributed by atoms with van der Waals surface area (Å²) in [5.41, 5.74) is 1.46. The lowest BCUT2D eigenvalue weighted by atomic mass is 9.48. The van der Waals surface area contributed by atoms with Crippen molar-refractivity contribution in [2.45, 2.75) is 68.6 Å². The van der Waals surface area contributed by atoms with E-state index < -0.39 is 17.1 Å². The summed E-state index contributed by atoms with van der Waals surface area (Å²) in [4.78, 5) is 13.0. The van der Waals surface area contributed by atoms with Crippen molar-refractivity contribution in [3.8, 4) is 11.5 Å². The number of carbonyl (C=O) groups excluding carboxylic acids is 1. The monoisotopic (exact) mass is 499 g/mol. The number of benzene rings is 1. The molecule has 2 aliphatic carbocycles. The van der Waals surface area contributed by atoms with Crippen LogP contribution in [0.25, 0.3) is 0 Å². The summed E-state index contributed by atoms with van der Waals surface area (Å²) in [6.07, 6.45) is 4.63. The number of likely N-dealkylation sites (tertiary alicyclic amines) is 1. The van der Waals surface area contributed by atoms with E-state index in [1.54, 1.807) is 6.07 Å². The fourth-order valence-electron chi connectivity index (χ4n) is 6.61. The van der Waals surface area contributed by atoms with E-state index in [-0.39, 0.29) is 35.5 Å². The summed E-state index contributed by atoms with van der Waals surface area (Å²) in [6.45, 7) is 3.89. The van der Waals surface area contributed by atoms with E-state index in [4.69, 9.17) is 9.47 Å². The van der Waals surface area contributed by atoms with Crippen molar-refractivity contribution < 1.29 is 47.8 Å². The summed E-state index contributed by atoms with van der Waals surface area (Å²) < 4.78 is 14.0. The molecule has 5 rings (SSSR count). The Kier molecular flexibility index (Phi) is 4.79. The average molecular weight is 499 g/mol. The Balaban J connectivity index is 0.00000192. The molecule has 1 aromatic carbocycles. The lowest BCUT2D eigenvalue weighted by molar-refractivity contribution is -0.931. The fraction of sp³-hybridized carbons (Fsp3) is 0.682. The van der Waals surface area contributed by atoms with Crippen LogP contribution in [0.15, 0.2) is 12.1 Å². The minimum absolute atomic E-state index is 0. The van der Waals surface area contributed by atoms with E-state index in [1.807, 2.05) is 6.07 Å². The average Bonchev–Trinajstić information content (AvgIpc) is 3.00. The van der Waals surface area contributed by atoms with Crippen LogP contribution < -0.4 is 28.7 Å². The lowest BCUT2D eigenvalue weighted by Gasteiger charge is -2.65. The smallest absolute Gasteiger partial charge is 0.174 e. The summed E-state index contributed by atoms with van der Waals surface area (Å²) in [7, 11) is 4.60. The van der Waals surface area contributed by atoms with E-state index in [1.165, 1.54) is 5.56 Å². The van der Waals surface area contributed by atoms with Crippen LogP contribution in [0.2, 0.25) is 0 Å². The first-order chi connectivity index (χ1) is 12.9. The van der Waals surface area contributed by atoms with Gasteiger partial charge in [0.25, 0.3) is 0 Å². The van der Waals surface area contributed by atoms with Crippen molar-refractivity contribution in [3.63, 3.8) is 0 Å². The number of phenolic OH excluding ortho intramolecular Hbond substituents is 1. The third-order valence-corrected chi connectivity index (χ3v) is 7.88. The van der Waals surface area contributed by atoms with Crippen LogP contribution in [0.5, 0.6) is 11.5 Å². The molecule has 154 valence electrons. The molecular formula is C22H30INO4. The topological polar surface area (TPSA) is 55.8 Å². The molecule has 0 aromatic heterocycles. The number of carbonyl (C=O) groups is 1. The number of aromatic hydroxyl groups is 1. The quantitative estimate of drug-likeness (QED) is 0.352. The van der Waals surface area contributed by atoms with E-state index in [0.29, 0.717) is 18.2 Å². The van der Waals surface area contributed by atoms with Crippen molar-refractivity contribution in [1.29, 1.82) is 0 Å². The molecule has 4 aliphatic rings. The zero-order valence-electron chi connectivity index (χ0n) is 17.0. The highest BCUT2D eigenvalue weighted by Gasteiger charge is 2.77. The largest absolute Gasteiger partial charge is 1.00 e. The number of quaternary nitrogens is 1. The summed E-state index contributed by atoms with van der Waals surface area (Å²) >= 11 is 0. The number of Topliss-reactive ketones (excluding diaryl/α,β-unsaturated/α-hetero) is 1.